The van der Waals surface area contributed by atoms with E-state index in [0.717, 1.165) is 12.2 Å². The lowest BCUT2D eigenvalue weighted by Gasteiger charge is -2.26. The van der Waals surface area contributed by atoms with E-state index in [9.17, 15) is 0 Å². The molecule has 0 bridgehead atoms. The van der Waals surface area contributed by atoms with Gasteiger partial charge >= 0.3 is 0 Å². The molecule has 0 aliphatic carbocycles. The minimum Gasteiger partial charge on any atom is -0.378 e. The van der Waals surface area contributed by atoms with E-state index in [4.69, 9.17) is 4.74 Å². The topological polar surface area (TPSA) is 24.8 Å². The van der Waals surface area contributed by atoms with Crippen LogP contribution in [-0.4, -0.2) is 37.4 Å². The standard InChI is InChI=1S/C9H16N2O/c1-8(2)11-5-4-10-9(6-11)7-12-3/h4,6,8H,5,7H2,1-3H3. The van der Waals surface area contributed by atoms with Crippen LogP contribution < -0.4 is 0 Å². The highest BCUT2D eigenvalue weighted by Gasteiger charge is 2.08. The molecule has 0 fully saturated rings. The third-order valence-corrected chi connectivity index (χ3v) is 1.82. The largest absolute Gasteiger partial charge is 0.378 e. The third kappa shape index (κ3) is 2.34. The van der Waals surface area contributed by atoms with E-state index in [0.29, 0.717) is 12.6 Å². The maximum absolute atomic E-state index is 5.00. The second-order valence-corrected chi connectivity index (χ2v) is 3.16. The first-order chi connectivity index (χ1) is 5.74. The smallest absolute Gasteiger partial charge is 0.0898 e. The molecule has 0 aromatic rings. The number of nitrogens with zero attached hydrogens (tertiary/aromatic N) is 2. The van der Waals surface area contributed by atoms with Crippen LogP contribution in [0.15, 0.2) is 16.9 Å². The molecule has 0 spiro atoms. The van der Waals surface area contributed by atoms with Crippen LogP contribution in [0.4, 0.5) is 0 Å². The molecule has 0 amide bonds. The van der Waals surface area contributed by atoms with Crippen LogP contribution in [0, 0.1) is 0 Å². The molecule has 1 aliphatic heterocycles. The van der Waals surface area contributed by atoms with Crippen molar-refractivity contribution < 1.29 is 4.74 Å². The summed E-state index contributed by atoms with van der Waals surface area (Å²) < 4.78 is 5.00. The Morgan fingerprint density at radius 3 is 3.00 bits per heavy atom. The summed E-state index contributed by atoms with van der Waals surface area (Å²) in [7, 11) is 1.69. The normalized spacial score (nSPS) is 17.0. The summed E-state index contributed by atoms with van der Waals surface area (Å²) in [6, 6.07) is 0.531. The summed E-state index contributed by atoms with van der Waals surface area (Å²) in [5.74, 6) is 0. The molecule has 1 aliphatic rings. The number of aliphatic imine (C=N–C) groups is 1. The van der Waals surface area contributed by atoms with Crippen molar-refractivity contribution in [2.45, 2.75) is 19.9 Å². The van der Waals surface area contributed by atoms with Crippen molar-refractivity contribution in [2.24, 2.45) is 4.99 Å². The molecule has 0 N–H and O–H groups in total. The second-order valence-electron chi connectivity index (χ2n) is 3.16. The van der Waals surface area contributed by atoms with Gasteiger partial charge in [0.05, 0.1) is 18.8 Å². The van der Waals surface area contributed by atoms with Gasteiger partial charge in [-0.15, -0.1) is 0 Å². The Labute approximate surface area is 73.7 Å². The first kappa shape index (κ1) is 9.26. The van der Waals surface area contributed by atoms with Gasteiger partial charge in [0, 0.05) is 25.6 Å². The zero-order valence-corrected chi connectivity index (χ0v) is 7.95. The SMILES string of the molecule is COCC1=CN(C(C)C)CC=N1. The van der Waals surface area contributed by atoms with Crippen LogP contribution in [0.3, 0.4) is 0 Å². The van der Waals surface area contributed by atoms with Gasteiger partial charge in [-0.2, -0.15) is 0 Å². The summed E-state index contributed by atoms with van der Waals surface area (Å²) in [6.45, 7) is 5.84. The van der Waals surface area contributed by atoms with Crippen LogP contribution in [0.2, 0.25) is 0 Å². The molecule has 3 heteroatoms. The first-order valence-electron chi connectivity index (χ1n) is 4.22. The molecule has 1 heterocycles. The van der Waals surface area contributed by atoms with Crippen LogP contribution in [0.1, 0.15) is 13.8 Å². The van der Waals surface area contributed by atoms with E-state index in [1.165, 1.54) is 0 Å². The fourth-order valence-electron chi connectivity index (χ4n) is 1.11. The third-order valence-electron chi connectivity index (χ3n) is 1.82. The molecule has 0 unspecified atom stereocenters. The lowest BCUT2D eigenvalue weighted by Crippen LogP contribution is -2.30. The molecular weight excluding hydrogens is 152 g/mol. The molecule has 12 heavy (non-hydrogen) atoms. The Hall–Kier alpha value is -0.830. The van der Waals surface area contributed by atoms with E-state index in [1.54, 1.807) is 7.11 Å². The highest BCUT2D eigenvalue weighted by molar-refractivity contribution is 5.63. The van der Waals surface area contributed by atoms with Gasteiger partial charge in [-0.25, -0.2) is 0 Å². The van der Waals surface area contributed by atoms with E-state index < -0.39 is 0 Å². The molecule has 0 aromatic heterocycles. The predicted molar refractivity (Wildman–Crippen MR) is 50.3 cm³/mol. The van der Waals surface area contributed by atoms with Gasteiger partial charge in [0.15, 0.2) is 0 Å². The van der Waals surface area contributed by atoms with Gasteiger partial charge in [0.25, 0.3) is 0 Å². The summed E-state index contributed by atoms with van der Waals surface area (Å²) in [4.78, 5) is 6.46. The lowest BCUT2D eigenvalue weighted by atomic mass is 10.3. The molecule has 3 nitrogen and oxygen atoms in total. The van der Waals surface area contributed by atoms with Gasteiger partial charge < -0.3 is 9.64 Å². The van der Waals surface area contributed by atoms with E-state index in [2.05, 4.69) is 29.9 Å². The predicted octanol–water partition coefficient (Wildman–Crippen LogP) is 1.27. The van der Waals surface area contributed by atoms with Crippen molar-refractivity contribution in [2.75, 3.05) is 20.3 Å². The minimum absolute atomic E-state index is 0.531. The van der Waals surface area contributed by atoms with E-state index in [1.807, 2.05) is 6.21 Å². The molecular formula is C9H16N2O. The zero-order valence-electron chi connectivity index (χ0n) is 7.95. The van der Waals surface area contributed by atoms with Crippen LogP contribution >= 0.6 is 0 Å². The Bertz CT molecular complexity index is 197. The van der Waals surface area contributed by atoms with Crippen molar-refractivity contribution in [3.8, 4) is 0 Å². The Kier molecular flexibility index (Phi) is 3.29. The van der Waals surface area contributed by atoms with Crippen molar-refractivity contribution in [3.05, 3.63) is 11.9 Å². The maximum atomic E-state index is 5.00. The highest BCUT2D eigenvalue weighted by atomic mass is 16.5. The van der Waals surface area contributed by atoms with Gasteiger partial charge in [-0.05, 0) is 13.8 Å². The summed E-state index contributed by atoms with van der Waals surface area (Å²) in [6.07, 6.45) is 3.99. The van der Waals surface area contributed by atoms with Gasteiger partial charge in [0.2, 0.25) is 0 Å². The fraction of sp³-hybridized carbons (Fsp3) is 0.667. The van der Waals surface area contributed by atoms with Crippen molar-refractivity contribution in [1.29, 1.82) is 0 Å². The molecule has 0 atom stereocenters. The van der Waals surface area contributed by atoms with E-state index in [-0.39, 0.29) is 0 Å². The van der Waals surface area contributed by atoms with Crippen molar-refractivity contribution in [1.82, 2.24) is 4.90 Å². The van der Waals surface area contributed by atoms with Gasteiger partial charge in [-0.3, -0.25) is 4.99 Å². The Balaban J connectivity index is 2.56. The zero-order chi connectivity index (χ0) is 8.97. The molecule has 0 radical (unpaired) electrons. The monoisotopic (exact) mass is 168 g/mol. The quantitative estimate of drug-likeness (QED) is 0.634. The molecule has 0 saturated heterocycles. The number of ether oxygens (including phenoxy) is 1. The highest BCUT2D eigenvalue weighted by Crippen LogP contribution is 2.08. The second kappa shape index (κ2) is 4.26. The van der Waals surface area contributed by atoms with E-state index >= 15 is 0 Å². The number of rotatable bonds is 3. The number of hydrogen-bond donors (Lipinski definition) is 0. The van der Waals surface area contributed by atoms with Crippen molar-refractivity contribution in [3.63, 3.8) is 0 Å². The maximum Gasteiger partial charge on any atom is 0.0898 e. The van der Waals surface area contributed by atoms with Gasteiger partial charge in [0.1, 0.15) is 0 Å². The fourth-order valence-corrected chi connectivity index (χ4v) is 1.11. The summed E-state index contributed by atoms with van der Waals surface area (Å²) in [5, 5.41) is 0. The van der Waals surface area contributed by atoms with Crippen LogP contribution in [-0.2, 0) is 4.74 Å². The Morgan fingerprint density at radius 1 is 1.67 bits per heavy atom. The number of hydrogen-bond acceptors (Lipinski definition) is 3. The first-order valence-corrected chi connectivity index (χ1v) is 4.22. The molecule has 0 aromatic carbocycles. The average molecular weight is 168 g/mol. The number of methoxy groups -OCH3 is 1. The Morgan fingerprint density at radius 2 is 2.42 bits per heavy atom. The average Bonchev–Trinajstić information content (AvgIpc) is 2.05. The molecule has 0 saturated carbocycles. The molecule has 68 valence electrons. The summed E-state index contributed by atoms with van der Waals surface area (Å²) in [5.41, 5.74) is 0.998. The molecule has 1 rings (SSSR count). The van der Waals surface area contributed by atoms with Crippen LogP contribution in [0.25, 0.3) is 0 Å². The van der Waals surface area contributed by atoms with Gasteiger partial charge in [-0.1, -0.05) is 0 Å². The van der Waals surface area contributed by atoms with Crippen molar-refractivity contribution >= 4 is 6.21 Å². The van der Waals surface area contributed by atoms with Crippen LogP contribution in [0.5, 0.6) is 0 Å². The minimum atomic E-state index is 0.531. The lowest BCUT2D eigenvalue weighted by molar-refractivity contribution is 0.220. The summed E-state index contributed by atoms with van der Waals surface area (Å²) >= 11 is 0.